The van der Waals surface area contributed by atoms with Gasteiger partial charge in [0.05, 0.1) is 5.56 Å². The molecule has 0 spiro atoms. The molecular formula is C21H21N. The van der Waals surface area contributed by atoms with Crippen molar-refractivity contribution in [3.63, 3.8) is 0 Å². The summed E-state index contributed by atoms with van der Waals surface area (Å²) in [7, 11) is 0. The van der Waals surface area contributed by atoms with Crippen molar-refractivity contribution in [1.29, 1.82) is 5.26 Å². The van der Waals surface area contributed by atoms with Crippen molar-refractivity contribution in [1.82, 2.24) is 0 Å². The average Bonchev–Trinajstić information content (AvgIpc) is 2.50. The van der Waals surface area contributed by atoms with Crippen LogP contribution < -0.4 is 0 Å². The van der Waals surface area contributed by atoms with Gasteiger partial charge in [0.2, 0.25) is 0 Å². The van der Waals surface area contributed by atoms with Crippen molar-refractivity contribution in [3.8, 4) is 6.07 Å². The maximum atomic E-state index is 9.63. The van der Waals surface area contributed by atoms with Crippen LogP contribution in [0.2, 0.25) is 0 Å². The van der Waals surface area contributed by atoms with Crippen molar-refractivity contribution >= 4 is 21.5 Å². The van der Waals surface area contributed by atoms with E-state index in [-0.39, 0.29) is 0 Å². The van der Waals surface area contributed by atoms with Gasteiger partial charge in [-0.3, -0.25) is 0 Å². The van der Waals surface area contributed by atoms with Gasteiger partial charge < -0.3 is 0 Å². The molecule has 0 atom stereocenters. The first-order valence-electron chi connectivity index (χ1n) is 7.84. The van der Waals surface area contributed by atoms with Gasteiger partial charge in [-0.05, 0) is 34.6 Å². The Kier molecular flexibility index (Phi) is 3.62. The highest BCUT2D eigenvalue weighted by atomic mass is 14.3. The summed E-state index contributed by atoms with van der Waals surface area (Å²) >= 11 is 0. The van der Waals surface area contributed by atoms with Crippen LogP contribution in [-0.2, 0) is 6.42 Å². The van der Waals surface area contributed by atoms with Gasteiger partial charge in [-0.25, -0.2) is 0 Å². The number of hydrogen-bond acceptors (Lipinski definition) is 1. The van der Waals surface area contributed by atoms with Crippen LogP contribution in [-0.4, -0.2) is 0 Å². The van der Waals surface area contributed by atoms with Crippen LogP contribution in [0.5, 0.6) is 0 Å². The van der Waals surface area contributed by atoms with Crippen molar-refractivity contribution in [2.75, 3.05) is 0 Å². The molecule has 0 saturated carbocycles. The Morgan fingerprint density at radius 3 is 1.68 bits per heavy atom. The summed E-state index contributed by atoms with van der Waals surface area (Å²) in [6.45, 7) is 6.84. The molecule has 0 amide bonds. The predicted molar refractivity (Wildman–Crippen MR) is 93.9 cm³/mol. The molecule has 0 aliphatic carbocycles. The molecule has 0 aliphatic rings. The van der Waals surface area contributed by atoms with Gasteiger partial charge in [-0.1, -0.05) is 69.3 Å². The third-order valence-corrected chi connectivity index (χ3v) is 4.28. The zero-order chi connectivity index (χ0) is 15.7. The first kappa shape index (κ1) is 14.6. The minimum atomic E-state index is 0.302. The van der Waals surface area contributed by atoms with Gasteiger partial charge in [-0.2, -0.15) is 5.26 Å². The number of aryl methyl sites for hydroxylation is 1. The van der Waals surface area contributed by atoms with E-state index in [1.165, 1.54) is 16.3 Å². The van der Waals surface area contributed by atoms with Crippen LogP contribution in [0.1, 0.15) is 38.3 Å². The number of rotatable bonds is 2. The second-order valence-corrected chi connectivity index (χ2v) is 7.12. The van der Waals surface area contributed by atoms with Gasteiger partial charge in [0.25, 0.3) is 0 Å². The smallest absolute Gasteiger partial charge is 0.100 e. The largest absolute Gasteiger partial charge is 0.192 e. The Hall–Kier alpha value is -2.33. The third kappa shape index (κ3) is 2.57. The maximum Gasteiger partial charge on any atom is 0.100 e. The zero-order valence-electron chi connectivity index (χ0n) is 13.5. The SMILES string of the molecule is CC(C)(C)CCc1c2ccccc2c(C#N)c2ccccc12. The van der Waals surface area contributed by atoms with Crippen molar-refractivity contribution < 1.29 is 0 Å². The second-order valence-electron chi connectivity index (χ2n) is 7.12. The van der Waals surface area contributed by atoms with Crippen LogP contribution in [0.25, 0.3) is 21.5 Å². The first-order valence-corrected chi connectivity index (χ1v) is 7.84. The number of benzene rings is 3. The molecular weight excluding hydrogens is 266 g/mol. The first-order chi connectivity index (χ1) is 10.5. The van der Waals surface area contributed by atoms with E-state index < -0.39 is 0 Å². The van der Waals surface area contributed by atoms with Crippen LogP contribution in [0.4, 0.5) is 0 Å². The molecule has 0 aliphatic heterocycles. The highest BCUT2D eigenvalue weighted by molar-refractivity contribution is 6.07. The highest BCUT2D eigenvalue weighted by Crippen LogP contribution is 2.34. The van der Waals surface area contributed by atoms with Crippen LogP contribution in [0.15, 0.2) is 48.5 Å². The minimum Gasteiger partial charge on any atom is -0.192 e. The molecule has 0 unspecified atom stereocenters. The number of hydrogen-bond donors (Lipinski definition) is 0. The zero-order valence-corrected chi connectivity index (χ0v) is 13.5. The molecule has 3 rings (SSSR count). The summed E-state index contributed by atoms with van der Waals surface area (Å²) in [6.07, 6.45) is 2.17. The Bertz CT molecular complexity index is 819. The Balaban J connectivity index is 2.35. The average molecular weight is 287 g/mol. The fourth-order valence-corrected chi connectivity index (χ4v) is 3.11. The lowest BCUT2D eigenvalue weighted by Gasteiger charge is -2.20. The van der Waals surface area contributed by atoms with E-state index in [9.17, 15) is 5.26 Å². The summed E-state index contributed by atoms with van der Waals surface area (Å²) in [5.41, 5.74) is 2.47. The molecule has 0 bridgehead atoms. The van der Waals surface area contributed by atoms with Crippen LogP contribution >= 0.6 is 0 Å². The molecule has 0 fully saturated rings. The molecule has 1 heteroatoms. The lowest BCUT2D eigenvalue weighted by Crippen LogP contribution is -2.07. The lowest BCUT2D eigenvalue weighted by molar-refractivity contribution is 0.379. The van der Waals surface area contributed by atoms with Crippen molar-refractivity contribution in [2.45, 2.75) is 33.6 Å². The molecule has 22 heavy (non-hydrogen) atoms. The van der Waals surface area contributed by atoms with E-state index in [0.717, 1.165) is 29.2 Å². The number of fused-ring (bicyclic) bond motifs is 2. The third-order valence-electron chi connectivity index (χ3n) is 4.28. The number of nitrogens with zero attached hydrogens (tertiary/aromatic N) is 1. The molecule has 3 aromatic carbocycles. The Morgan fingerprint density at radius 2 is 1.27 bits per heavy atom. The quantitative estimate of drug-likeness (QED) is 0.543. The van der Waals surface area contributed by atoms with E-state index in [4.69, 9.17) is 0 Å². The summed E-state index contributed by atoms with van der Waals surface area (Å²) in [4.78, 5) is 0. The van der Waals surface area contributed by atoms with Gasteiger partial charge in [0.15, 0.2) is 0 Å². The molecule has 0 radical (unpaired) electrons. The van der Waals surface area contributed by atoms with Gasteiger partial charge in [0, 0.05) is 10.8 Å². The molecule has 0 heterocycles. The van der Waals surface area contributed by atoms with Crippen molar-refractivity contribution in [2.24, 2.45) is 5.41 Å². The van der Waals surface area contributed by atoms with Gasteiger partial charge in [-0.15, -0.1) is 0 Å². The molecule has 0 aromatic heterocycles. The molecule has 0 saturated heterocycles. The summed E-state index contributed by atoms with van der Waals surface area (Å²) in [5.74, 6) is 0. The minimum absolute atomic E-state index is 0.302. The fraction of sp³-hybridized carbons (Fsp3) is 0.286. The lowest BCUT2D eigenvalue weighted by atomic mass is 9.84. The van der Waals surface area contributed by atoms with E-state index in [2.05, 4.69) is 63.2 Å². The maximum absolute atomic E-state index is 9.63. The van der Waals surface area contributed by atoms with Crippen LogP contribution in [0.3, 0.4) is 0 Å². The standard InChI is InChI=1S/C21H21N/c1-21(2,3)13-12-19-15-8-4-6-10-17(15)20(14-22)18-11-7-5-9-16(18)19/h4-11H,12-13H2,1-3H3. The molecule has 0 N–H and O–H groups in total. The Labute approximate surface area is 132 Å². The normalized spacial score (nSPS) is 11.7. The van der Waals surface area contributed by atoms with Gasteiger partial charge in [0.1, 0.15) is 6.07 Å². The highest BCUT2D eigenvalue weighted by Gasteiger charge is 2.16. The second kappa shape index (κ2) is 5.46. The number of nitriles is 1. The summed E-state index contributed by atoms with van der Waals surface area (Å²) in [6, 6.07) is 19.0. The fourth-order valence-electron chi connectivity index (χ4n) is 3.11. The van der Waals surface area contributed by atoms with E-state index >= 15 is 0 Å². The van der Waals surface area contributed by atoms with E-state index in [1.807, 2.05) is 12.1 Å². The van der Waals surface area contributed by atoms with E-state index in [0.29, 0.717) is 5.41 Å². The topological polar surface area (TPSA) is 23.8 Å². The van der Waals surface area contributed by atoms with Gasteiger partial charge >= 0.3 is 0 Å². The monoisotopic (exact) mass is 287 g/mol. The molecule has 110 valence electrons. The summed E-state index contributed by atoms with van der Waals surface area (Å²) < 4.78 is 0. The summed E-state index contributed by atoms with van der Waals surface area (Å²) in [5, 5.41) is 14.2. The molecule has 3 aromatic rings. The predicted octanol–water partition coefficient (Wildman–Crippen LogP) is 5.84. The van der Waals surface area contributed by atoms with E-state index in [1.54, 1.807) is 0 Å². The van der Waals surface area contributed by atoms with Crippen molar-refractivity contribution in [3.05, 3.63) is 59.7 Å². The van der Waals surface area contributed by atoms with Crippen LogP contribution in [0, 0.1) is 16.7 Å². The Morgan fingerprint density at radius 1 is 0.818 bits per heavy atom. The molecule has 1 nitrogen and oxygen atoms in total.